The van der Waals surface area contributed by atoms with Gasteiger partial charge in [-0.05, 0) is 65.5 Å². The summed E-state index contributed by atoms with van der Waals surface area (Å²) in [7, 11) is 0. The van der Waals surface area contributed by atoms with E-state index < -0.39 is 0 Å². The van der Waals surface area contributed by atoms with Gasteiger partial charge < -0.3 is 5.32 Å². The van der Waals surface area contributed by atoms with Gasteiger partial charge in [-0.3, -0.25) is 0 Å². The van der Waals surface area contributed by atoms with Crippen LogP contribution in [0.5, 0.6) is 0 Å². The number of rotatable bonds is 3. The zero-order valence-electron chi connectivity index (χ0n) is 11.3. The van der Waals surface area contributed by atoms with E-state index in [1.807, 2.05) is 19.1 Å². The molecule has 0 heterocycles. The molecule has 0 bridgehead atoms. The topological polar surface area (TPSA) is 12.0 Å². The van der Waals surface area contributed by atoms with Crippen LogP contribution >= 0.6 is 27.5 Å². The van der Waals surface area contributed by atoms with Crippen LogP contribution in [-0.2, 0) is 0 Å². The Hall–Kier alpha value is -0.990. The minimum Gasteiger partial charge on any atom is -0.378 e. The highest BCUT2D eigenvalue weighted by molar-refractivity contribution is 9.10. The molecule has 0 saturated carbocycles. The van der Waals surface area contributed by atoms with Gasteiger partial charge in [0.05, 0.1) is 5.69 Å². The van der Waals surface area contributed by atoms with Gasteiger partial charge in [-0.2, -0.15) is 0 Å². The van der Waals surface area contributed by atoms with Gasteiger partial charge in [0.25, 0.3) is 0 Å². The smallest absolute Gasteiger partial charge is 0.0504 e. The molecule has 0 fully saturated rings. The highest BCUT2D eigenvalue weighted by atomic mass is 79.9. The number of aryl methyl sites for hydroxylation is 2. The van der Waals surface area contributed by atoms with Gasteiger partial charge in [0.2, 0.25) is 0 Å². The minimum atomic E-state index is 0.233. The summed E-state index contributed by atoms with van der Waals surface area (Å²) in [6.07, 6.45) is 0. The summed E-state index contributed by atoms with van der Waals surface area (Å²) in [4.78, 5) is 0. The summed E-state index contributed by atoms with van der Waals surface area (Å²) < 4.78 is 1.04. The lowest BCUT2D eigenvalue weighted by molar-refractivity contribution is 0.873. The molecule has 2 aromatic rings. The maximum atomic E-state index is 6.19. The third-order valence-corrected chi connectivity index (χ3v) is 4.34. The molecule has 3 heteroatoms. The average molecular weight is 339 g/mol. The average Bonchev–Trinajstić information content (AvgIpc) is 2.36. The van der Waals surface area contributed by atoms with Gasteiger partial charge in [0.15, 0.2) is 0 Å². The van der Waals surface area contributed by atoms with E-state index in [1.165, 1.54) is 11.1 Å². The van der Waals surface area contributed by atoms with E-state index in [-0.39, 0.29) is 6.04 Å². The first kappa shape index (κ1) is 14.4. The molecule has 19 heavy (non-hydrogen) atoms. The lowest BCUT2D eigenvalue weighted by atomic mass is 10.0. The van der Waals surface area contributed by atoms with Crippen LogP contribution in [0, 0.1) is 13.8 Å². The molecule has 0 radical (unpaired) electrons. The van der Waals surface area contributed by atoms with Crippen LogP contribution in [0.15, 0.2) is 40.9 Å². The van der Waals surface area contributed by atoms with Gasteiger partial charge in [0, 0.05) is 15.5 Å². The van der Waals surface area contributed by atoms with Gasteiger partial charge in [0.1, 0.15) is 0 Å². The molecule has 0 spiro atoms. The molecule has 1 N–H and O–H groups in total. The summed E-state index contributed by atoms with van der Waals surface area (Å²) in [5.74, 6) is 0. The fourth-order valence-corrected chi connectivity index (χ4v) is 2.88. The van der Waals surface area contributed by atoms with Crippen molar-refractivity contribution in [3.8, 4) is 0 Å². The van der Waals surface area contributed by atoms with Crippen LogP contribution < -0.4 is 5.32 Å². The summed E-state index contributed by atoms with van der Waals surface area (Å²) >= 11 is 9.77. The number of hydrogen-bond donors (Lipinski definition) is 1. The predicted molar refractivity (Wildman–Crippen MR) is 87.1 cm³/mol. The molecule has 1 unspecified atom stereocenters. The Labute approximate surface area is 128 Å². The van der Waals surface area contributed by atoms with Crippen molar-refractivity contribution in [1.82, 2.24) is 0 Å². The van der Waals surface area contributed by atoms with Crippen molar-refractivity contribution >= 4 is 33.2 Å². The lowest BCUT2D eigenvalue weighted by Gasteiger charge is -2.19. The largest absolute Gasteiger partial charge is 0.378 e. The molecular weight excluding hydrogens is 322 g/mol. The van der Waals surface area contributed by atoms with Crippen molar-refractivity contribution in [3.63, 3.8) is 0 Å². The second-order valence-corrected chi connectivity index (χ2v) is 6.07. The number of halogens is 2. The first-order chi connectivity index (χ1) is 8.99. The third-order valence-electron chi connectivity index (χ3n) is 3.28. The molecule has 0 saturated heterocycles. The monoisotopic (exact) mass is 337 g/mol. The van der Waals surface area contributed by atoms with E-state index in [0.717, 1.165) is 20.7 Å². The van der Waals surface area contributed by atoms with Crippen LogP contribution in [0.3, 0.4) is 0 Å². The summed E-state index contributed by atoms with van der Waals surface area (Å²) in [6.45, 7) is 6.29. The van der Waals surface area contributed by atoms with Crippen molar-refractivity contribution in [2.24, 2.45) is 0 Å². The fraction of sp³-hybridized carbons (Fsp3) is 0.250. The van der Waals surface area contributed by atoms with Crippen molar-refractivity contribution in [3.05, 3.63) is 62.6 Å². The molecule has 0 amide bonds. The van der Waals surface area contributed by atoms with E-state index in [2.05, 4.69) is 59.4 Å². The Morgan fingerprint density at radius 3 is 2.47 bits per heavy atom. The van der Waals surface area contributed by atoms with E-state index >= 15 is 0 Å². The van der Waals surface area contributed by atoms with Crippen LogP contribution in [-0.4, -0.2) is 0 Å². The van der Waals surface area contributed by atoms with Crippen LogP contribution in [0.4, 0.5) is 5.69 Å². The van der Waals surface area contributed by atoms with Crippen molar-refractivity contribution < 1.29 is 0 Å². The zero-order chi connectivity index (χ0) is 14.0. The second kappa shape index (κ2) is 5.98. The summed E-state index contributed by atoms with van der Waals surface area (Å²) in [6, 6.07) is 12.6. The molecule has 0 aromatic heterocycles. The standard InChI is InChI=1S/C16H17BrClN/c1-10-6-4-5-7-13(10)12(3)19-16-9-15(18)11(2)8-14(16)17/h4-9,12,19H,1-3H3. The molecule has 0 aliphatic carbocycles. The molecule has 0 aliphatic rings. The maximum absolute atomic E-state index is 6.19. The normalized spacial score (nSPS) is 12.3. The van der Waals surface area contributed by atoms with Crippen LogP contribution in [0.1, 0.15) is 29.7 Å². The third kappa shape index (κ3) is 3.31. The molecule has 1 nitrogen and oxygen atoms in total. The van der Waals surface area contributed by atoms with E-state index in [1.54, 1.807) is 0 Å². The maximum Gasteiger partial charge on any atom is 0.0504 e. The Morgan fingerprint density at radius 1 is 1.11 bits per heavy atom. The van der Waals surface area contributed by atoms with Gasteiger partial charge >= 0.3 is 0 Å². The molecule has 0 aliphatic heterocycles. The van der Waals surface area contributed by atoms with E-state index in [0.29, 0.717) is 0 Å². The fourth-order valence-electron chi connectivity index (χ4n) is 2.14. The van der Waals surface area contributed by atoms with E-state index in [9.17, 15) is 0 Å². The van der Waals surface area contributed by atoms with Crippen molar-refractivity contribution in [2.45, 2.75) is 26.8 Å². The first-order valence-corrected chi connectivity index (χ1v) is 7.44. The SMILES string of the molecule is Cc1cc(Br)c(NC(C)c2ccccc2C)cc1Cl. The molecule has 2 aromatic carbocycles. The number of anilines is 1. The van der Waals surface area contributed by atoms with Gasteiger partial charge in [-0.1, -0.05) is 35.9 Å². The van der Waals surface area contributed by atoms with Crippen molar-refractivity contribution in [1.29, 1.82) is 0 Å². The Morgan fingerprint density at radius 2 is 1.79 bits per heavy atom. The van der Waals surface area contributed by atoms with E-state index in [4.69, 9.17) is 11.6 Å². The minimum absolute atomic E-state index is 0.233. The van der Waals surface area contributed by atoms with Gasteiger partial charge in [-0.25, -0.2) is 0 Å². The number of benzene rings is 2. The van der Waals surface area contributed by atoms with Gasteiger partial charge in [-0.15, -0.1) is 0 Å². The van der Waals surface area contributed by atoms with Crippen LogP contribution in [0.2, 0.25) is 5.02 Å². The molecular formula is C16H17BrClN. The quantitative estimate of drug-likeness (QED) is 0.735. The predicted octanol–water partition coefficient (Wildman–Crippen LogP) is 5.89. The molecule has 100 valence electrons. The Bertz CT molecular complexity index is 595. The second-order valence-electron chi connectivity index (χ2n) is 4.80. The Kier molecular flexibility index (Phi) is 4.54. The Balaban J connectivity index is 2.27. The summed E-state index contributed by atoms with van der Waals surface area (Å²) in [5.41, 5.74) is 4.68. The number of nitrogens with one attached hydrogen (secondary N) is 1. The highest BCUT2D eigenvalue weighted by Crippen LogP contribution is 2.32. The first-order valence-electron chi connectivity index (χ1n) is 6.26. The lowest BCUT2D eigenvalue weighted by Crippen LogP contribution is -2.08. The van der Waals surface area contributed by atoms with Crippen LogP contribution in [0.25, 0.3) is 0 Å². The molecule has 1 atom stereocenters. The molecule has 2 rings (SSSR count). The summed E-state index contributed by atoms with van der Waals surface area (Å²) in [5, 5.41) is 4.28. The number of hydrogen-bond acceptors (Lipinski definition) is 1. The van der Waals surface area contributed by atoms with Crippen molar-refractivity contribution in [2.75, 3.05) is 5.32 Å². The highest BCUT2D eigenvalue weighted by Gasteiger charge is 2.10. The zero-order valence-corrected chi connectivity index (χ0v) is 13.6.